The van der Waals surface area contributed by atoms with Gasteiger partial charge in [-0.3, -0.25) is 4.99 Å². The zero-order valence-electron chi connectivity index (χ0n) is 9.83. The number of nitrogens with zero attached hydrogens (tertiary/aromatic N) is 2. The lowest BCUT2D eigenvalue weighted by Crippen LogP contribution is -2.03. The second kappa shape index (κ2) is 4.49. The van der Waals surface area contributed by atoms with Crippen LogP contribution in [0.1, 0.15) is 30.4 Å². The lowest BCUT2D eigenvalue weighted by atomic mass is 10.1. The van der Waals surface area contributed by atoms with Gasteiger partial charge in [0.1, 0.15) is 0 Å². The zero-order valence-corrected chi connectivity index (χ0v) is 9.83. The Morgan fingerprint density at radius 3 is 2.94 bits per heavy atom. The Hall–Kier alpha value is -1.62. The molecule has 82 valence electrons. The highest BCUT2D eigenvalue weighted by atomic mass is 14.8. The maximum Gasteiger partial charge on any atom is 0.0846 e. The minimum absolute atomic E-state index is 0.0416. The van der Waals surface area contributed by atoms with Gasteiger partial charge in [-0.1, -0.05) is 12.1 Å². The number of rotatable bonds is 1. The molecule has 1 aliphatic carbocycles. The molecule has 0 radical (unpaired) electrons. The van der Waals surface area contributed by atoms with Gasteiger partial charge in [-0.15, -0.1) is 0 Å². The number of aliphatic imine (C=N–C) groups is 1. The van der Waals surface area contributed by atoms with Crippen molar-refractivity contribution in [3.63, 3.8) is 0 Å². The molecular formula is C14H16N2. The molecule has 1 aliphatic rings. The van der Waals surface area contributed by atoms with E-state index >= 15 is 0 Å². The fourth-order valence-electron chi connectivity index (χ4n) is 2.11. The fourth-order valence-corrected chi connectivity index (χ4v) is 2.11. The summed E-state index contributed by atoms with van der Waals surface area (Å²) >= 11 is 0. The Balaban J connectivity index is 2.36. The predicted molar refractivity (Wildman–Crippen MR) is 66.0 cm³/mol. The van der Waals surface area contributed by atoms with E-state index in [1.54, 1.807) is 0 Å². The van der Waals surface area contributed by atoms with Crippen LogP contribution in [0, 0.1) is 31.1 Å². The predicted octanol–water partition coefficient (Wildman–Crippen LogP) is 3.70. The molecule has 0 bridgehead atoms. The van der Waals surface area contributed by atoms with Crippen LogP contribution in [-0.2, 0) is 0 Å². The number of benzene rings is 1. The Morgan fingerprint density at radius 1 is 1.38 bits per heavy atom. The molecule has 0 N–H and O–H groups in total. The third-order valence-corrected chi connectivity index (χ3v) is 3.32. The molecule has 2 nitrogen and oxygen atoms in total. The van der Waals surface area contributed by atoms with Crippen molar-refractivity contribution in [3.8, 4) is 6.07 Å². The van der Waals surface area contributed by atoms with Crippen LogP contribution in [0.5, 0.6) is 0 Å². The summed E-state index contributed by atoms with van der Waals surface area (Å²) in [7, 11) is 0. The maximum atomic E-state index is 9.01. The number of nitriles is 1. The Morgan fingerprint density at radius 2 is 2.19 bits per heavy atom. The Kier molecular flexibility index (Phi) is 3.05. The first-order chi connectivity index (χ1) is 7.72. The van der Waals surface area contributed by atoms with Gasteiger partial charge in [0.15, 0.2) is 0 Å². The molecule has 1 aromatic carbocycles. The van der Waals surface area contributed by atoms with Crippen molar-refractivity contribution in [2.45, 2.75) is 33.1 Å². The van der Waals surface area contributed by atoms with Crippen LogP contribution in [0.3, 0.4) is 0 Å². The summed E-state index contributed by atoms with van der Waals surface area (Å²) in [6.07, 6.45) is 3.05. The molecule has 2 rings (SSSR count). The Bertz CT molecular complexity index is 466. The number of aryl methyl sites for hydroxylation is 1. The van der Waals surface area contributed by atoms with E-state index in [1.165, 1.54) is 11.1 Å². The van der Waals surface area contributed by atoms with Gasteiger partial charge in [0, 0.05) is 5.71 Å². The molecule has 0 amide bonds. The van der Waals surface area contributed by atoms with Crippen LogP contribution in [0.15, 0.2) is 23.2 Å². The van der Waals surface area contributed by atoms with Crippen molar-refractivity contribution in [2.24, 2.45) is 10.9 Å². The molecule has 0 aliphatic heterocycles. The molecule has 0 spiro atoms. The molecule has 0 saturated heterocycles. The van der Waals surface area contributed by atoms with Crippen LogP contribution in [0.4, 0.5) is 5.69 Å². The average molecular weight is 212 g/mol. The standard InChI is InChI=1S/C14H16N2/c1-10-5-3-7-13(11(10)2)16-14-8-4-6-12(14)9-15/h3,5,7,12H,4,6,8H2,1-2H3. The van der Waals surface area contributed by atoms with E-state index in [9.17, 15) is 0 Å². The summed E-state index contributed by atoms with van der Waals surface area (Å²) in [4.78, 5) is 4.66. The van der Waals surface area contributed by atoms with Crippen molar-refractivity contribution in [2.75, 3.05) is 0 Å². The lowest BCUT2D eigenvalue weighted by Gasteiger charge is -2.06. The van der Waals surface area contributed by atoms with Gasteiger partial charge in [-0.25, -0.2) is 0 Å². The van der Waals surface area contributed by atoms with Crippen molar-refractivity contribution < 1.29 is 0 Å². The van der Waals surface area contributed by atoms with E-state index in [4.69, 9.17) is 5.26 Å². The monoisotopic (exact) mass is 212 g/mol. The van der Waals surface area contributed by atoms with Crippen molar-refractivity contribution >= 4 is 11.4 Å². The molecule has 0 heterocycles. The highest BCUT2D eigenvalue weighted by Crippen LogP contribution is 2.28. The molecular weight excluding hydrogens is 196 g/mol. The molecule has 1 atom stereocenters. The van der Waals surface area contributed by atoms with Gasteiger partial charge >= 0.3 is 0 Å². The van der Waals surface area contributed by atoms with Gasteiger partial charge in [-0.2, -0.15) is 5.26 Å². The molecule has 1 saturated carbocycles. The highest BCUT2D eigenvalue weighted by Gasteiger charge is 2.22. The summed E-state index contributed by atoms with van der Waals surface area (Å²) in [5.74, 6) is 0.0416. The van der Waals surface area contributed by atoms with E-state index in [2.05, 4.69) is 31.0 Å². The minimum atomic E-state index is 0.0416. The van der Waals surface area contributed by atoms with Gasteiger partial charge < -0.3 is 0 Å². The molecule has 1 aromatic rings. The molecule has 1 unspecified atom stereocenters. The van der Waals surface area contributed by atoms with Gasteiger partial charge in [-0.05, 0) is 50.3 Å². The normalized spacial score (nSPS) is 22.3. The topological polar surface area (TPSA) is 36.1 Å². The zero-order chi connectivity index (χ0) is 11.5. The van der Waals surface area contributed by atoms with Crippen LogP contribution in [-0.4, -0.2) is 5.71 Å². The fraction of sp³-hybridized carbons (Fsp3) is 0.429. The van der Waals surface area contributed by atoms with E-state index in [-0.39, 0.29) is 5.92 Å². The number of hydrogen-bond acceptors (Lipinski definition) is 2. The summed E-state index contributed by atoms with van der Waals surface area (Å²) in [5, 5.41) is 9.01. The average Bonchev–Trinajstić information content (AvgIpc) is 2.72. The second-order valence-electron chi connectivity index (χ2n) is 4.40. The smallest absolute Gasteiger partial charge is 0.0846 e. The van der Waals surface area contributed by atoms with Gasteiger partial charge in [0.25, 0.3) is 0 Å². The van der Waals surface area contributed by atoms with E-state index in [0.717, 1.165) is 30.7 Å². The minimum Gasteiger partial charge on any atom is -0.256 e. The van der Waals surface area contributed by atoms with Crippen LogP contribution >= 0.6 is 0 Å². The van der Waals surface area contributed by atoms with Crippen LogP contribution < -0.4 is 0 Å². The van der Waals surface area contributed by atoms with Crippen molar-refractivity contribution in [1.82, 2.24) is 0 Å². The first-order valence-electron chi connectivity index (χ1n) is 5.75. The van der Waals surface area contributed by atoms with Gasteiger partial charge in [0.2, 0.25) is 0 Å². The molecule has 0 aromatic heterocycles. The SMILES string of the molecule is Cc1cccc(N=C2CCCC2C#N)c1C. The maximum absolute atomic E-state index is 9.01. The van der Waals surface area contributed by atoms with Crippen LogP contribution in [0.2, 0.25) is 0 Å². The first kappa shape index (κ1) is 10.9. The molecule has 2 heteroatoms. The van der Waals surface area contributed by atoms with E-state index in [1.807, 2.05) is 12.1 Å². The van der Waals surface area contributed by atoms with Crippen LogP contribution in [0.25, 0.3) is 0 Å². The summed E-state index contributed by atoms with van der Waals surface area (Å²) in [6, 6.07) is 8.49. The molecule has 16 heavy (non-hydrogen) atoms. The summed E-state index contributed by atoms with van der Waals surface area (Å²) < 4.78 is 0. The lowest BCUT2D eigenvalue weighted by molar-refractivity contribution is 0.795. The van der Waals surface area contributed by atoms with Gasteiger partial charge in [0.05, 0.1) is 17.7 Å². The Labute approximate surface area is 96.6 Å². The summed E-state index contributed by atoms with van der Waals surface area (Å²) in [5.41, 5.74) is 4.57. The van der Waals surface area contributed by atoms with Crippen molar-refractivity contribution in [1.29, 1.82) is 5.26 Å². The number of hydrogen-bond donors (Lipinski definition) is 0. The van der Waals surface area contributed by atoms with E-state index < -0.39 is 0 Å². The second-order valence-corrected chi connectivity index (χ2v) is 4.40. The largest absolute Gasteiger partial charge is 0.256 e. The van der Waals surface area contributed by atoms with Crippen molar-refractivity contribution in [3.05, 3.63) is 29.3 Å². The highest BCUT2D eigenvalue weighted by molar-refractivity contribution is 5.92. The summed E-state index contributed by atoms with van der Waals surface area (Å²) in [6.45, 7) is 4.18. The third-order valence-electron chi connectivity index (χ3n) is 3.32. The third kappa shape index (κ3) is 1.99. The quantitative estimate of drug-likeness (QED) is 0.699. The first-order valence-corrected chi connectivity index (χ1v) is 5.75. The van der Waals surface area contributed by atoms with E-state index in [0.29, 0.717) is 0 Å². The molecule has 1 fully saturated rings.